The molecule has 1 aromatic carbocycles. The van der Waals surface area contributed by atoms with Crippen molar-refractivity contribution >= 4 is 5.91 Å². The average Bonchev–Trinajstić information content (AvgIpc) is 2.78. The number of carbonyl (C=O) groups excluding carboxylic acids is 1. The van der Waals surface area contributed by atoms with E-state index < -0.39 is 6.04 Å². The Labute approximate surface area is 144 Å². The molecule has 2 aromatic rings. The topological polar surface area (TPSA) is 72.9 Å². The molecule has 5 heteroatoms. The minimum absolute atomic E-state index is 0.128. The lowest BCUT2D eigenvalue weighted by Crippen LogP contribution is -2.48. The highest BCUT2D eigenvalue weighted by molar-refractivity contribution is 5.82. The molecule has 1 atom stereocenters. The summed E-state index contributed by atoms with van der Waals surface area (Å²) in [5.74, 6) is -0.128. The van der Waals surface area contributed by atoms with Crippen LogP contribution in [0.2, 0.25) is 0 Å². The third-order valence-corrected chi connectivity index (χ3v) is 4.36. The van der Waals surface area contributed by atoms with E-state index in [0.717, 1.165) is 23.5 Å². The highest BCUT2D eigenvalue weighted by Gasteiger charge is 2.27. The highest BCUT2D eigenvalue weighted by atomic mass is 16.2. The molecule has 5 nitrogen and oxygen atoms in total. The monoisotopic (exact) mass is 328 g/mol. The standard InChI is InChI=1S/C19H28N4O/c1-13-16(11-21-18(24)17(20)19(3,4)5)14(2)23(22-13)12-15-9-7-6-8-10-15/h6-10,17H,11-12,20H2,1-5H3,(H,21,24)/t17-/m1/s1. The summed E-state index contributed by atoms with van der Waals surface area (Å²) < 4.78 is 1.98. The summed E-state index contributed by atoms with van der Waals surface area (Å²) in [6, 6.07) is 9.69. The van der Waals surface area contributed by atoms with Crippen LogP contribution in [0, 0.1) is 19.3 Å². The Balaban J connectivity index is 2.08. The second-order valence-corrected chi connectivity index (χ2v) is 7.35. The molecule has 0 spiro atoms. The van der Waals surface area contributed by atoms with Crippen LogP contribution in [0.1, 0.15) is 43.3 Å². The largest absolute Gasteiger partial charge is 0.351 e. The van der Waals surface area contributed by atoms with Crippen molar-refractivity contribution < 1.29 is 4.79 Å². The first-order valence-corrected chi connectivity index (χ1v) is 8.30. The molecule has 0 aliphatic carbocycles. The number of nitrogens with two attached hydrogens (primary N) is 1. The van der Waals surface area contributed by atoms with Gasteiger partial charge in [-0.2, -0.15) is 5.10 Å². The number of nitrogens with zero attached hydrogens (tertiary/aromatic N) is 2. The smallest absolute Gasteiger partial charge is 0.237 e. The molecule has 130 valence electrons. The third kappa shape index (κ3) is 4.23. The second kappa shape index (κ2) is 7.18. The summed E-state index contributed by atoms with van der Waals surface area (Å²) >= 11 is 0. The summed E-state index contributed by atoms with van der Waals surface area (Å²) in [4.78, 5) is 12.2. The maximum absolute atomic E-state index is 12.2. The molecule has 2 rings (SSSR count). The van der Waals surface area contributed by atoms with Crippen LogP contribution in [0.3, 0.4) is 0 Å². The van der Waals surface area contributed by atoms with Gasteiger partial charge in [-0.05, 0) is 24.8 Å². The number of carbonyl (C=O) groups is 1. The van der Waals surface area contributed by atoms with Crippen LogP contribution in [0.5, 0.6) is 0 Å². The van der Waals surface area contributed by atoms with Gasteiger partial charge >= 0.3 is 0 Å². The first-order valence-electron chi connectivity index (χ1n) is 8.30. The number of hydrogen-bond donors (Lipinski definition) is 2. The number of rotatable bonds is 5. The second-order valence-electron chi connectivity index (χ2n) is 7.35. The fourth-order valence-corrected chi connectivity index (χ4v) is 2.58. The van der Waals surface area contributed by atoms with Crippen LogP contribution < -0.4 is 11.1 Å². The van der Waals surface area contributed by atoms with E-state index in [1.807, 2.05) is 57.5 Å². The molecule has 0 unspecified atom stereocenters. The van der Waals surface area contributed by atoms with Crippen molar-refractivity contribution in [2.45, 2.75) is 53.8 Å². The van der Waals surface area contributed by atoms with Gasteiger partial charge in [0, 0.05) is 17.8 Å². The molecule has 24 heavy (non-hydrogen) atoms. The van der Waals surface area contributed by atoms with Crippen molar-refractivity contribution in [2.24, 2.45) is 11.1 Å². The van der Waals surface area contributed by atoms with Gasteiger partial charge in [0.1, 0.15) is 0 Å². The van der Waals surface area contributed by atoms with Gasteiger partial charge in [0.05, 0.1) is 18.3 Å². The van der Waals surface area contributed by atoms with E-state index in [9.17, 15) is 4.79 Å². The lowest BCUT2D eigenvalue weighted by atomic mass is 9.87. The molecule has 0 bridgehead atoms. The van der Waals surface area contributed by atoms with Gasteiger partial charge in [-0.1, -0.05) is 51.1 Å². The number of hydrogen-bond acceptors (Lipinski definition) is 3. The summed E-state index contributed by atoms with van der Waals surface area (Å²) in [5, 5.41) is 7.56. The molecule has 1 amide bonds. The average molecular weight is 328 g/mol. The number of aryl methyl sites for hydroxylation is 1. The molecule has 3 N–H and O–H groups in total. The van der Waals surface area contributed by atoms with Gasteiger partial charge < -0.3 is 11.1 Å². The van der Waals surface area contributed by atoms with E-state index in [4.69, 9.17) is 5.73 Å². The Bertz CT molecular complexity index is 698. The molecule has 0 saturated heterocycles. The highest BCUT2D eigenvalue weighted by Crippen LogP contribution is 2.18. The molecule has 0 saturated carbocycles. The number of nitrogens with one attached hydrogen (secondary N) is 1. The maximum atomic E-state index is 12.2. The number of aromatic nitrogens is 2. The Kier molecular flexibility index (Phi) is 5.44. The van der Waals surface area contributed by atoms with Gasteiger partial charge in [0.2, 0.25) is 5.91 Å². The van der Waals surface area contributed by atoms with Crippen LogP contribution in [-0.2, 0) is 17.9 Å². The predicted molar refractivity (Wildman–Crippen MR) is 96.5 cm³/mol. The van der Waals surface area contributed by atoms with E-state index >= 15 is 0 Å². The lowest BCUT2D eigenvalue weighted by Gasteiger charge is -2.25. The number of amides is 1. The van der Waals surface area contributed by atoms with Crippen LogP contribution in [0.15, 0.2) is 30.3 Å². The fourth-order valence-electron chi connectivity index (χ4n) is 2.58. The van der Waals surface area contributed by atoms with E-state index in [1.165, 1.54) is 5.56 Å². The van der Waals surface area contributed by atoms with Gasteiger partial charge in [-0.3, -0.25) is 9.48 Å². The molecule has 1 heterocycles. The van der Waals surface area contributed by atoms with E-state index in [0.29, 0.717) is 6.54 Å². The SMILES string of the molecule is Cc1nn(Cc2ccccc2)c(C)c1CNC(=O)[C@@H](N)C(C)(C)C. The molecule has 0 fully saturated rings. The van der Waals surface area contributed by atoms with Crippen molar-refractivity contribution in [3.8, 4) is 0 Å². The third-order valence-electron chi connectivity index (χ3n) is 4.36. The van der Waals surface area contributed by atoms with E-state index in [-0.39, 0.29) is 11.3 Å². The van der Waals surface area contributed by atoms with Gasteiger partial charge in [-0.25, -0.2) is 0 Å². The zero-order valence-corrected chi connectivity index (χ0v) is 15.3. The van der Waals surface area contributed by atoms with Crippen molar-refractivity contribution in [1.29, 1.82) is 0 Å². The lowest BCUT2D eigenvalue weighted by molar-refractivity contribution is -0.124. The van der Waals surface area contributed by atoms with Crippen LogP contribution in [0.4, 0.5) is 0 Å². The van der Waals surface area contributed by atoms with Crippen molar-refractivity contribution in [2.75, 3.05) is 0 Å². The fraction of sp³-hybridized carbons (Fsp3) is 0.474. The maximum Gasteiger partial charge on any atom is 0.237 e. The van der Waals surface area contributed by atoms with Crippen molar-refractivity contribution in [3.05, 3.63) is 52.8 Å². The molecule has 0 aliphatic rings. The summed E-state index contributed by atoms with van der Waals surface area (Å²) in [7, 11) is 0. The van der Waals surface area contributed by atoms with Crippen LogP contribution in [-0.4, -0.2) is 21.7 Å². The molecular formula is C19H28N4O. The predicted octanol–water partition coefficient (Wildman–Crippen LogP) is 2.54. The van der Waals surface area contributed by atoms with Gasteiger partial charge in [0.25, 0.3) is 0 Å². The Morgan fingerprint density at radius 1 is 1.25 bits per heavy atom. The van der Waals surface area contributed by atoms with Gasteiger partial charge in [-0.15, -0.1) is 0 Å². The summed E-state index contributed by atoms with van der Waals surface area (Å²) in [5.41, 5.74) is 10.0. The number of benzene rings is 1. The Morgan fingerprint density at radius 2 is 1.88 bits per heavy atom. The summed E-state index contributed by atoms with van der Waals surface area (Å²) in [6.07, 6.45) is 0. The molecular weight excluding hydrogens is 300 g/mol. The van der Waals surface area contributed by atoms with Crippen molar-refractivity contribution in [1.82, 2.24) is 15.1 Å². The Morgan fingerprint density at radius 3 is 2.46 bits per heavy atom. The van der Waals surface area contributed by atoms with Crippen molar-refractivity contribution in [3.63, 3.8) is 0 Å². The van der Waals surface area contributed by atoms with Crippen LogP contribution in [0.25, 0.3) is 0 Å². The Hall–Kier alpha value is -2.14. The minimum Gasteiger partial charge on any atom is -0.351 e. The molecule has 0 aliphatic heterocycles. The van der Waals surface area contributed by atoms with Crippen LogP contribution >= 0.6 is 0 Å². The zero-order valence-electron chi connectivity index (χ0n) is 15.3. The van der Waals surface area contributed by atoms with E-state index in [1.54, 1.807) is 0 Å². The first-order chi connectivity index (χ1) is 11.2. The van der Waals surface area contributed by atoms with Gasteiger partial charge in [0.15, 0.2) is 0 Å². The summed E-state index contributed by atoms with van der Waals surface area (Å²) in [6.45, 7) is 11.1. The first kappa shape index (κ1) is 18.2. The molecule has 1 aromatic heterocycles. The van der Waals surface area contributed by atoms with E-state index in [2.05, 4.69) is 22.5 Å². The minimum atomic E-state index is -0.530. The molecule has 0 radical (unpaired) electrons. The quantitative estimate of drug-likeness (QED) is 0.886. The normalized spacial score (nSPS) is 12.9. The zero-order chi connectivity index (χ0) is 17.9.